The van der Waals surface area contributed by atoms with Gasteiger partial charge in [-0.3, -0.25) is 9.69 Å². The van der Waals surface area contributed by atoms with Gasteiger partial charge in [-0.05, 0) is 73.7 Å². The number of hydrogen-bond acceptors (Lipinski definition) is 8. The van der Waals surface area contributed by atoms with Gasteiger partial charge in [0.15, 0.2) is 5.82 Å². The van der Waals surface area contributed by atoms with Gasteiger partial charge >= 0.3 is 0 Å². The minimum Gasteiger partial charge on any atom is -0.383 e. The number of aromatic amines is 1. The fourth-order valence-electron chi connectivity index (χ4n) is 5.66. The van der Waals surface area contributed by atoms with Crippen molar-refractivity contribution < 1.29 is 9.47 Å². The molecular weight excluding hydrogens is 458 g/mol. The summed E-state index contributed by atoms with van der Waals surface area (Å²) in [6, 6.07) is 8.16. The number of rotatable bonds is 9. The Morgan fingerprint density at radius 1 is 1.28 bits per heavy atom. The van der Waals surface area contributed by atoms with Crippen LogP contribution in [-0.2, 0) is 28.1 Å². The van der Waals surface area contributed by atoms with Gasteiger partial charge in [-0.15, -0.1) is 5.10 Å². The first-order chi connectivity index (χ1) is 17.5. The molecule has 1 aromatic carbocycles. The van der Waals surface area contributed by atoms with E-state index in [1.165, 1.54) is 5.56 Å². The lowest BCUT2D eigenvalue weighted by molar-refractivity contribution is -0.0284. The van der Waals surface area contributed by atoms with Crippen molar-refractivity contribution in [3.63, 3.8) is 0 Å². The molecule has 0 aliphatic carbocycles. The summed E-state index contributed by atoms with van der Waals surface area (Å²) in [4.78, 5) is 21.1. The molecule has 36 heavy (non-hydrogen) atoms. The van der Waals surface area contributed by atoms with Gasteiger partial charge < -0.3 is 19.4 Å². The van der Waals surface area contributed by atoms with Crippen LogP contribution in [0.1, 0.15) is 42.6 Å². The molecule has 5 rings (SSSR count). The number of nitrogens with zero attached hydrogens (tertiary/aromatic N) is 6. The van der Waals surface area contributed by atoms with E-state index in [1.54, 1.807) is 7.11 Å². The zero-order chi connectivity index (χ0) is 25.1. The molecule has 0 radical (unpaired) electrons. The van der Waals surface area contributed by atoms with Crippen LogP contribution in [0, 0.1) is 6.92 Å². The third-order valence-corrected chi connectivity index (χ3v) is 7.76. The number of fused-ring (bicyclic) bond motifs is 1. The average Bonchev–Trinajstić information content (AvgIpc) is 3.56. The Bertz CT molecular complexity index is 1230. The van der Waals surface area contributed by atoms with Crippen molar-refractivity contribution in [2.24, 2.45) is 0 Å². The number of benzene rings is 1. The highest BCUT2D eigenvalue weighted by molar-refractivity contribution is 5.79. The molecule has 2 aliphatic rings. The quantitative estimate of drug-likeness (QED) is 0.482. The third-order valence-electron chi connectivity index (χ3n) is 7.76. The number of methoxy groups -OCH3 is 1. The molecule has 10 nitrogen and oxygen atoms in total. The Hall–Kier alpha value is -2.66. The van der Waals surface area contributed by atoms with Gasteiger partial charge in [-0.1, -0.05) is 11.6 Å². The molecule has 2 fully saturated rings. The topological polar surface area (TPSA) is 101 Å². The summed E-state index contributed by atoms with van der Waals surface area (Å²) in [6.07, 6.45) is 3.96. The normalized spacial score (nSPS) is 20.5. The summed E-state index contributed by atoms with van der Waals surface area (Å²) >= 11 is 0. The Morgan fingerprint density at radius 2 is 2.11 bits per heavy atom. The highest BCUT2D eigenvalue weighted by atomic mass is 16.5. The number of tetrazole rings is 1. The lowest BCUT2D eigenvalue weighted by atomic mass is 9.83. The minimum atomic E-state index is -0.413. The molecule has 0 bridgehead atoms. The van der Waals surface area contributed by atoms with E-state index in [0.29, 0.717) is 19.7 Å². The molecule has 0 saturated carbocycles. The van der Waals surface area contributed by atoms with E-state index in [0.717, 1.165) is 74.2 Å². The van der Waals surface area contributed by atoms with Crippen molar-refractivity contribution in [2.75, 3.05) is 47.0 Å². The Morgan fingerprint density at radius 3 is 2.86 bits per heavy atom. The van der Waals surface area contributed by atoms with Crippen LogP contribution in [0.15, 0.2) is 29.1 Å². The molecule has 1 atom stereocenters. The van der Waals surface area contributed by atoms with Gasteiger partial charge in [0.2, 0.25) is 0 Å². The summed E-state index contributed by atoms with van der Waals surface area (Å²) in [5.41, 5.74) is 2.31. The second-order valence-corrected chi connectivity index (χ2v) is 10.3. The Kier molecular flexibility index (Phi) is 7.47. The van der Waals surface area contributed by atoms with E-state index in [4.69, 9.17) is 9.47 Å². The van der Waals surface area contributed by atoms with Gasteiger partial charge in [0.25, 0.3) is 5.56 Å². The maximum absolute atomic E-state index is 13.2. The third kappa shape index (κ3) is 5.08. The largest absolute Gasteiger partial charge is 0.383 e. The fraction of sp³-hybridized carbons (Fsp3) is 0.615. The van der Waals surface area contributed by atoms with Crippen molar-refractivity contribution >= 4 is 10.9 Å². The monoisotopic (exact) mass is 495 g/mol. The maximum atomic E-state index is 13.2. The first-order valence-electron chi connectivity index (χ1n) is 12.9. The summed E-state index contributed by atoms with van der Waals surface area (Å²) in [7, 11) is 3.84. The van der Waals surface area contributed by atoms with Gasteiger partial charge in [-0.2, -0.15) is 0 Å². The minimum absolute atomic E-state index is 0.0502. The molecule has 2 aliphatic heterocycles. The molecule has 0 amide bonds. The summed E-state index contributed by atoms with van der Waals surface area (Å²) in [5.74, 6) is 0.846. The number of hydrogen-bond donors (Lipinski definition) is 1. The van der Waals surface area contributed by atoms with Crippen molar-refractivity contribution in [2.45, 2.75) is 57.3 Å². The summed E-state index contributed by atoms with van der Waals surface area (Å²) in [6.45, 7) is 7.05. The van der Waals surface area contributed by atoms with Crippen molar-refractivity contribution in [1.29, 1.82) is 0 Å². The number of likely N-dealkylation sites (tertiary alicyclic amines) is 1. The first kappa shape index (κ1) is 25.0. The van der Waals surface area contributed by atoms with Crippen LogP contribution >= 0.6 is 0 Å². The Labute approximate surface area is 211 Å². The lowest BCUT2D eigenvalue weighted by Gasteiger charge is -2.48. The summed E-state index contributed by atoms with van der Waals surface area (Å²) < 4.78 is 13.3. The van der Waals surface area contributed by atoms with Crippen LogP contribution in [0.3, 0.4) is 0 Å². The van der Waals surface area contributed by atoms with Crippen LogP contribution in [0.25, 0.3) is 10.9 Å². The van der Waals surface area contributed by atoms with Crippen molar-refractivity contribution in [1.82, 2.24) is 35.0 Å². The van der Waals surface area contributed by atoms with Crippen LogP contribution in [0.2, 0.25) is 0 Å². The molecule has 0 unspecified atom stereocenters. The van der Waals surface area contributed by atoms with Crippen LogP contribution in [-0.4, -0.2) is 88.1 Å². The predicted molar refractivity (Wildman–Crippen MR) is 137 cm³/mol. The predicted octanol–water partition coefficient (Wildman–Crippen LogP) is 2.07. The highest BCUT2D eigenvalue weighted by Crippen LogP contribution is 2.39. The zero-order valence-corrected chi connectivity index (χ0v) is 21.6. The second kappa shape index (κ2) is 10.8. The van der Waals surface area contributed by atoms with E-state index in [-0.39, 0.29) is 11.7 Å². The number of nitrogens with one attached hydrogen (secondary N) is 1. The van der Waals surface area contributed by atoms with E-state index in [2.05, 4.69) is 50.3 Å². The molecule has 2 aromatic heterocycles. The van der Waals surface area contributed by atoms with E-state index in [1.807, 2.05) is 22.9 Å². The number of H-pyrrole nitrogens is 1. The first-order valence-corrected chi connectivity index (χ1v) is 12.9. The number of pyridine rings is 1. The molecule has 0 spiro atoms. The Balaban J connectivity index is 1.57. The molecule has 4 heterocycles. The fourth-order valence-corrected chi connectivity index (χ4v) is 5.66. The second-order valence-electron chi connectivity index (χ2n) is 10.3. The van der Waals surface area contributed by atoms with E-state index >= 15 is 0 Å². The maximum Gasteiger partial charge on any atom is 0.252 e. The molecule has 3 aromatic rings. The lowest BCUT2D eigenvalue weighted by Crippen LogP contribution is -2.55. The zero-order valence-electron chi connectivity index (χ0n) is 21.6. The number of ether oxygens (including phenoxy) is 2. The molecule has 10 heteroatoms. The molecule has 1 N–H and O–H groups in total. The average molecular weight is 496 g/mol. The SMILES string of the molecule is COCCn1nnnc1C1(N(Cc2cc3cc(C)ccc3[nH]c2=O)C[C@H]2CCCO2)CCN(C)CC1. The number of piperidine rings is 1. The van der Waals surface area contributed by atoms with Crippen LogP contribution in [0.5, 0.6) is 0 Å². The van der Waals surface area contributed by atoms with E-state index in [9.17, 15) is 4.79 Å². The molecule has 2 saturated heterocycles. The van der Waals surface area contributed by atoms with Crippen LogP contribution < -0.4 is 5.56 Å². The molecular formula is C26H37N7O3. The van der Waals surface area contributed by atoms with Crippen LogP contribution in [0.4, 0.5) is 0 Å². The van der Waals surface area contributed by atoms with Gasteiger partial charge in [0.05, 0.1) is 24.8 Å². The smallest absolute Gasteiger partial charge is 0.252 e. The number of aromatic nitrogens is 5. The standard InChI is InChI=1S/C26H37N7O3/c1-19-6-7-23-20(15-19)16-21(24(34)27-23)17-32(18-22-5-4-13-36-22)26(8-10-31(2)11-9-26)25-28-29-30-33(25)12-14-35-3/h6-7,15-16,22H,4-5,8-14,17-18H2,1-3H3,(H,27,34)/t22-/m1/s1. The number of aryl methyl sites for hydroxylation is 1. The summed E-state index contributed by atoms with van der Waals surface area (Å²) in [5, 5.41) is 14.0. The van der Waals surface area contributed by atoms with Crippen molar-refractivity contribution in [3.8, 4) is 0 Å². The van der Waals surface area contributed by atoms with Gasteiger partial charge in [-0.25, -0.2) is 4.68 Å². The van der Waals surface area contributed by atoms with Gasteiger partial charge in [0.1, 0.15) is 0 Å². The van der Waals surface area contributed by atoms with Crippen molar-refractivity contribution in [3.05, 3.63) is 51.6 Å². The van der Waals surface area contributed by atoms with Gasteiger partial charge in [0, 0.05) is 51.0 Å². The molecule has 194 valence electrons. The van der Waals surface area contributed by atoms with E-state index < -0.39 is 5.54 Å². The highest BCUT2D eigenvalue weighted by Gasteiger charge is 2.46.